The zero-order chi connectivity index (χ0) is 15.4. The lowest BCUT2D eigenvalue weighted by Gasteiger charge is -2.14. The van der Waals surface area contributed by atoms with Gasteiger partial charge in [0.1, 0.15) is 16.6 Å². The van der Waals surface area contributed by atoms with Crippen LogP contribution in [-0.2, 0) is 6.54 Å². The van der Waals surface area contributed by atoms with Gasteiger partial charge in [0.05, 0.1) is 12.7 Å². The highest BCUT2D eigenvalue weighted by atomic mass is 35.5. The SMILES string of the molecule is COc1cccc(Cl)c1CNc1cccc(F)c1C(N)=S. The summed E-state index contributed by atoms with van der Waals surface area (Å²) >= 11 is 11.1. The maximum absolute atomic E-state index is 13.8. The van der Waals surface area contributed by atoms with Gasteiger partial charge in [-0.25, -0.2) is 4.39 Å². The lowest BCUT2D eigenvalue weighted by Crippen LogP contribution is -2.15. The molecule has 0 saturated carbocycles. The second-order valence-corrected chi connectivity index (χ2v) is 5.15. The van der Waals surface area contributed by atoms with Gasteiger partial charge in [0.25, 0.3) is 0 Å². The van der Waals surface area contributed by atoms with Crippen LogP contribution in [0, 0.1) is 5.82 Å². The Labute approximate surface area is 132 Å². The van der Waals surface area contributed by atoms with Crippen molar-refractivity contribution in [3.05, 3.63) is 58.4 Å². The summed E-state index contributed by atoms with van der Waals surface area (Å²) in [5.74, 6) is 0.196. The molecule has 0 aromatic heterocycles. The van der Waals surface area contributed by atoms with Gasteiger partial charge < -0.3 is 15.8 Å². The molecule has 2 aromatic carbocycles. The number of rotatable bonds is 5. The zero-order valence-electron chi connectivity index (χ0n) is 11.3. The number of nitrogens with one attached hydrogen (secondary N) is 1. The van der Waals surface area contributed by atoms with E-state index in [9.17, 15) is 4.39 Å². The predicted octanol–water partition coefficient (Wildman–Crippen LogP) is 3.73. The minimum Gasteiger partial charge on any atom is -0.496 e. The number of methoxy groups -OCH3 is 1. The van der Waals surface area contributed by atoms with Crippen molar-refractivity contribution in [3.8, 4) is 5.75 Å². The molecule has 0 aliphatic rings. The van der Waals surface area contributed by atoms with Crippen molar-refractivity contribution < 1.29 is 9.13 Å². The minimum absolute atomic E-state index is 0.00160. The molecule has 0 bridgehead atoms. The fourth-order valence-electron chi connectivity index (χ4n) is 2.01. The summed E-state index contributed by atoms with van der Waals surface area (Å²) < 4.78 is 19.1. The van der Waals surface area contributed by atoms with Gasteiger partial charge in [0.15, 0.2) is 0 Å². The topological polar surface area (TPSA) is 47.3 Å². The fraction of sp³-hybridized carbons (Fsp3) is 0.133. The average Bonchev–Trinajstić information content (AvgIpc) is 2.45. The van der Waals surface area contributed by atoms with Crippen LogP contribution >= 0.6 is 23.8 Å². The highest BCUT2D eigenvalue weighted by Gasteiger charge is 2.13. The van der Waals surface area contributed by atoms with Gasteiger partial charge in [-0.15, -0.1) is 0 Å². The molecule has 0 heterocycles. The number of nitrogens with two attached hydrogens (primary N) is 1. The third kappa shape index (κ3) is 3.43. The maximum atomic E-state index is 13.8. The van der Waals surface area contributed by atoms with Crippen LogP contribution in [0.1, 0.15) is 11.1 Å². The van der Waals surface area contributed by atoms with Gasteiger partial charge in [-0.3, -0.25) is 0 Å². The zero-order valence-corrected chi connectivity index (χ0v) is 12.9. The Kier molecular flexibility index (Phi) is 4.98. The third-order valence-corrected chi connectivity index (χ3v) is 3.57. The van der Waals surface area contributed by atoms with Crippen LogP contribution in [0.5, 0.6) is 5.75 Å². The highest BCUT2D eigenvalue weighted by molar-refractivity contribution is 7.80. The van der Waals surface area contributed by atoms with E-state index in [2.05, 4.69) is 5.32 Å². The van der Waals surface area contributed by atoms with Gasteiger partial charge in [-0.05, 0) is 24.3 Å². The largest absolute Gasteiger partial charge is 0.496 e. The first-order valence-corrected chi connectivity index (χ1v) is 6.96. The maximum Gasteiger partial charge on any atom is 0.135 e. The molecule has 110 valence electrons. The van der Waals surface area contributed by atoms with E-state index in [1.807, 2.05) is 6.07 Å². The van der Waals surface area contributed by atoms with E-state index in [0.717, 1.165) is 5.56 Å². The van der Waals surface area contributed by atoms with Crippen molar-refractivity contribution in [3.63, 3.8) is 0 Å². The molecular formula is C15H14ClFN2OS. The monoisotopic (exact) mass is 324 g/mol. The predicted molar refractivity (Wildman–Crippen MR) is 87.6 cm³/mol. The molecule has 0 saturated heterocycles. The Hall–Kier alpha value is -1.85. The van der Waals surface area contributed by atoms with Gasteiger partial charge in [0, 0.05) is 22.8 Å². The first kappa shape index (κ1) is 15.5. The van der Waals surface area contributed by atoms with Crippen LogP contribution in [-0.4, -0.2) is 12.1 Å². The Morgan fingerprint density at radius 2 is 2.05 bits per heavy atom. The standard InChI is InChI=1S/C15H14ClFN2OS/c1-20-13-7-2-4-10(16)9(13)8-19-12-6-3-5-11(17)14(12)15(18)21/h2-7,19H,8H2,1H3,(H2,18,21). The number of hydrogen-bond donors (Lipinski definition) is 2. The van der Waals surface area contributed by atoms with Gasteiger partial charge in [-0.1, -0.05) is 36.0 Å². The van der Waals surface area contributed by atoms with Crippen LogP contribution < -0.4 is 15.8 Å². The van der Waals surface area contributed by atoms with Crippen molar-refractivity contribution in [2.24, 2.45) is 5.73 Å². The van der Waals surface area contributed by atoms with E-state index in [4.69, 9.17) is 34.3 Å². The number of thiocarbonyl (C=S) groups is 1. The lowest BCUT2D eigenvalue weighted by molar-refractivity contribution is 0.410. The summed E-state index contributed by atoms with van der Waals surface area (Å²) in [4.78, 5) is 0.00160. The molecule has 2 rings (SSSR count). The Bertz CT molecular complexity index is 679. The molecule has 0 spiro atoms. The van der Waals surface area contributed by atoms with Crippen LogP contribution in [0.25, 0.3) is 0 Å². The van der Waals surface area contributed by atoms with E-state index < -0.39 is 5.82 Å². The normalized spacial score (nSPS) is 10.2. The molecule has 0 amide bonds. The van der Waals surface area contributed by atoms with Crippen molar-refractivity contribution in [2.75, 3.05) is 12.4 Å². The Morgan fingerprint density at radius 3 is 2.71 bits per heavy atom. The first-order valence-electron chi connectivity index (χ1n) is 6.18. The van der Waals surface area contributed by atoms with E-state index >= 15 is 0 Å². The summed E-state index contributed by atoms with van der Waals surface area (Å²) in [6, 6.07) is 9.98. The smallest absolute Gasteiger partial charge is 0.135 e. The molecule has 0 fully saturated rings. The summed E-state index contributed by atoms with van der Waals surface area (Å²) in [6.07, 6.45) is 0. The summed E-state index contributed by atoms with van der Waals surface area (Å²) in [5, 5.41) is 3.66. The van der Waals surface area contributed by atoms with E-state index in [1.54, 1.807) is 31.4 Å². The van der Waals surface area contributed by atoms with Crippen molar-refractivity contribution in [2.45, 2.75) is 6.54 Å². The van der Waals surface area contributed by atoms with Crippen LogP contribution in [0.3, 0.4) is 0 Å². The van der Waals surface area contributed by atoms with E-state index in [1.165, 1.54) is 6.07 Å². The Morgan fingerprint density at radius 1 is 1.33 bits per heavy atom. The minimum atomic E-state index is -0.460. The summed E-state index contributed by atoms with van der Waals surface area (Å²) in [7, 11) is 1.57. The molecule has 0 radical (unpaired) electrons. The van der Waals surface area contributed by atoms with Crippen molar-refractivity contribution in [1.29, 1.82) is 0 Å². The summed E-state index contributed by atoms with van der Waals surface area (Å²) in [6.45, 7) is 0.363. The molecule has 6 heteroatoms. The quantitative estimate of drug-likeness (QED) is 0.823. The van der Waals surface area contributed by atoms with E-state index in [0.29, 0.717) is 23.0 Å². The number of halogens is 2. The van der Waals surface area contributed by atoms with Gasteiger partial charge in [-0.2, -0.15) is 0 Å². The van der Waals surface area contributed by atoms with Crippen molar-refractivity contribution >= 4 is 34.5 Å². The average molecular weight is 325 g/mol. The third-order valence-electron chi connectivity index (χ3n) is 3.01. The van der Waals surface area contributed by atoms with Gasteiger partial charge >= 0.3 is 0 Å². The Balaban J connectivity index is 2.29. The van der Waals surface area contributed by atoms with E-state index in [-0.39, 0.29) is 10.6 Å². The second-order valence-electron chi connectivity index (χ2n) is 4.30. The molecule has 3 nitrogen and oxygen atoms in total. The van der Waals surface area contributed by atoms with Crippen LogP contribution in [0.15, 0.2) is 36.4 Å². The molecule has 0 aliphatic heterocycles. The second kappa shape index (κ2) is 6.74. The number of hydrogen-bond acceptors (Lipinski definition) is 3. The fourth-order valence-corrected chi connectivity index (χ4v) is 2.45. The molecule has 3 N–H and O–H groups in total. The highest BCUT2D eigenvalue weighted by Crippen LogP contribution is 2.28. The molecule has 2 aromatic rings. The number of ether oxygens (including phenoxy) is 1. The summed E-state index contributed by atoms with van der Waals surface area (Å²) in [5.41, 5.74) is 7.06. The van der Waals surface area contributed by atoms with Gasteiger partial charge in [0.2, 0.25) is 0 Å². The molecular weight excluding hydrogens is 311 g/mol. The number of anilines is 1. The molecule has 21 heavy (non-hydrogen) atoms. The molecule has 0 aliphatic carbocycles. The first-order chi connectivity index (χ1) is 10.0. The van der Waals surface area contributed by atoms with Crippen molar-refractivity contribution in [1.82, 2.24) is 0 Å². The van der Waals surface area contributed by atoms with Crippen LogP contribution in [0.4, 0.5) is 10.1 Å². The lowest BCUT2D eigenvalue weighted by atomic mass is 10.1. The molecule has 0 atom stereocenters. The van der Waals surface area contributed by atoms with Crippen LogP contribution in [0.2, 0.25) is 5.02 Å². The molecule has 0 unspecified atom stereocenters. The number of benzene rings is 2.